The predicted octanol–water partition coefficient (Wildman–Crippen LogP) is 3.93. The summed E-state index contributed by atoms with van der Waals surface area (Å²) in [4.78, 5) is 17.5. The van der Waals surface area contributed by atoms with Gasteiger partial charge in [-0.2, -0.15) is 18.0 Å². The van der Waals surface area contributed by atoms with E-state index < -0.39 is 16.4 Å². The minimum absolute atomic E-state index is 0.0568. The van der Waals surface area contributed by atoms with Crippen LogP contribution in [0.1, 0.15) is 17.5 Å². The summed E-state index contributed by atoms with van der Waals surface area (Å²) in [5.41, 5.74) is 2.29. The molecule has 0 unspecified atom stereocenters. The minimum Gasteiger partial charge on any atom is -0.375 e. The van der Waals surface area contributed by atoms with Gasteiger partial charge in [-0.1, -0.05) is 36.4 Å². The lowest BCUT2D eigenvalue weighted by Gasteiger charge is -2.18. The molecular weight excluding hydrogens is 535 g/mol. The van der Waals surface area contributed by atoms with Crippen LogP contribution in [-0.4, -0.2) is 48.1 Å². The maximum absolute atomic E-state index is 13.6. The Morgan fingerprint density at radius 3 is 2.65 bits per heavy atom. The van der Waals surface area contributed by atoms with Crippen molar-refractivity contribution in [1.29, 1.82) is 5.26 Å². The number of fused-ring (bicyclic) bond motifs is 1. The number of hydrogen-bond acceptors (Lipinski definition) is 7. The third kappa shape index (κ3) is 6.12. The molecule has 1 aromatic heterocycles. The van der Waals surface area contributed by atoms with Crippen LogP contribution >= 0.6 is 0 Å². The smallest absolute Gasteiger partial charge is 0.301 e. The number of nitrogens with zero attached hydrogens (tertiary/aromatic N) is 4. The quantitative estimate of drug-likeness (QED) is 0.280. The lowest BCUT2D eigenvalue weighted by molar-refractivity contribution is 0.112. The van der Waals surface area contributed by atoms with E-state index in [-0.39, 0.29) is 36.3 Å². The first-order valence-electron chi connectivity index (χ1n) is 12.7. The first-order valence-corrected chi connectivity index (χ1v) is 14.1. The molecule has 40 heavy (non-hydrogen) atoms. The van der Waals surface area contributed by atoms with Gasteiger partial charge in [0.05, 0.1) is 53.9 Å². The van der Waals surface area contributed by atoms with Crippen molar-refractivity contribution in [3.63, 3.8) is 0 Å². The molecular formula is C28H27FN6O4S. The van der Waals surface area contributed by atoms with Crippen molar-refractivity contribution >= 4 is 38.2 Å². The van der Waals surface area contributed by atoms with Crippen molar-refractivity contribution in [3.8, 4) is 6.07 Å². The van der Waals surface area contributed by atoms with E-state index in [1.165, 1.54) is 17.0 Å². The molecule has 206 valence electrons. The summed E-state index contributed by atoms with van der Waals surface area (Å²) in [5, 5.41) is 13.3. The van der Waals surface area contributed by atoms with E-state index in [0.717, 1.165) is 9.87 Å². The molecule has 1 atom stereocenters. The second-order valence-corrected chi connectivity index (χ2v) is 11.0. The number of anilines is 3. The highest BCUT2D eigenvalue weighted by Gasteiger charge is 2.32. The Labute approximate surface area is 230 Å². The molecule has 12 heteroatoms. The fraction of sp³-hybridized carbons (Fsp3) is 0.250. The van der Waals surface area contributed by atoms with E-state index in [4.69, 9.17) is 4.74 Å². The maximum Gasteiger partial charge on any atom is 0.301 e. The molecule has 0 amide bonds. The molecule has 1 saturated heterocycles. The Balaban J connectivity index is 1.32. The average molecular weight is 563 g/mol. The van der Waals surface area contributed by atoms with Crippen molar-refractivity contribution in [3.05, 3.63) is 94.5 Å². The maximum atomic E-state index is 13.6. The molecule has 3 aromatic carbocycles. The van der Waals surface area contributed by atoms with Crippen LogP contribution in [0.3, 0.4) is 0 Å². The van der Waals surface area contributed by atoms with E-state index in [9.17, 15) is 22.9 Å². The monoisotopic (exact) mass is 562 g/mol. The standard InChI is InChI=1S/C28H27FN6O4S/c29-21-11-12-35(17-21)40(37,38)33-27-8-4-7-26(24(27)16-30)32-22-9-10-25-23(15-22)28(36)34(19-31-25)13-14-39-18-20-5-2-1-3-6-20/h1-10,15,19,21,32-33H,11-14,17-18H2/t21-/m1/s1. The topological polar surface area (TPSA) is 129 Å². The molecule has 1 aliphatic heterocycles. The van der Waals surface area contributed by atoms with Crippen LogP contribution in [0.2, 0.25) is 0 Å². The summed E-state index contributed by atoms with van der Waals surface area (Å²) in [6, 6.07) is 21.5. The van der Waals surface area contributed by atoms with E-state index in [1.54, 1.807) is 30.3 Å². The zero-order valence-electron chi connectivity index (χ0n) is 21.5. The third-order valence-electron chi connectivity index (χ3n) is 6.54. The van der Waals surface area contributed by atoms with E-state index >= 15 is 0 Å². The zero-order valence-corrected chi connectivity index (χ0v) is 22.3. The fourth-order valence-corrected chi connectivity index (χ4v) is 5.73. The predicted molar refractivity (Wildman–Crippen MR) is 150 cm³/mol. The third-order valence-corrected chi connectivity index (χ3v) is 8.03. The lowest BCUT2D eigenvalue weighted by Crippen LogP contribution is -2.34. The van der Waals surface area contributed by atoms with E-state index in [1.807, 2.05) is 36.4 Å². The van der Waals surface area contributed by atoms with Gasteiger partial charge in [0, 0.05) is 18.8 Å². The van der Waals surface area contributed by atoms with Crippen LogP contribution in [0.4, 0.5) is 21.5 Å². The Hall–Kier alpha value is -4.31. The Kier molecular flexibility index (Phi) is 8.06. The molecule has 0 aliphatic carbocycles. The van der Waals surface area contributed by atoms with Crippen LogP contribution in [0, 0.1) is 11.3 Å². The van der Waals surface area contributed by atoms with Crippen molar-refractivity contribution in [1.82, 2.24) is 13.9 Å². The largest absolute Gasteiger partial charge is 0.375 e. The number of nitrogens with one attached hydrogen (secondary N) is 2. The second kappa shape index (κ2) is 11.8. The summed E-state index contributed by atoms with van der Waals surface area (Å²) in [5.74, 6) is 0. The number of benzene rings is 3. The van der Waals surface area contributed by atoms with Crippen molar-refractivity contribution < 1.29 is 17.5 Å². The van der Waals surface area contributed by atoms with Gasteiger partial charge >= 0.3 is 10.2 Å². The van der Waals surface area contributed by atoms with Gasteiger partial charge in [0.2, 0.25) is 0 Å². The fourth-order valence-electron chi connectivity index (χ4n) is 4.45. The first kappa shape index (κ1) is 27.3. The number of alkyl halides is 1. The van der Waals surface area contributed by atoms with Gasteiger partial charge in [-0.25, -0.2) is 9.37 Å². The first-order chi connectivity index (χ1) is 19.3. The number of ether oxygens (including phenoxy) is 1. The second-order valence-electron chi connectivity index (χ2n) is 9.33. The Morgan fingerprint density at radius 1 is 1.10 bits per heavy atom. The van der Waals surface area contributed by atoms with Crippen LogP contribution in [0.5, 0.6) is 0 Å². The summed E-state index contributed by atoms with van der Waals surface area (Å²) >= 11 is 0. The highest BCUT2D eigenvalue weighted by molar-refractivity contribution is 7.90. The van der Waals surface area contributed by atoms with Gasteiger partial charge < -0.3 is 10.1 Å². The Morgan fingerprint density at radius 2 is 1.90 bits per heavy atom. The highest BCUT2D eigenvalue weighted by Crippen LogP contribution is 2.29. The van der Waals surface area contributed by atoms with Gasteiger partial charge in [-0.15, -0.1) is 0 Å². The molecule has 2 N–H and O–H groups in total. The molecule has 5 rings (SSSR count). The summed E-state index contributed by atoms with van der Waals surface area (Å²) < 4.78 is 49.6. The van der Waals surface area contributed by atoms with Crippen LogP contribution in [-0.2, 0) is 28.1 Å². The molecule has 2 heterocycles. The van der Waals surface area contributed by atoms with Crippen molar-refractivity contribution in [2.24, 2.45) is 0 Å². The molecule has 1 fully saturated rings. The number of nitriles is 1. The number of hydrogen-bond donors (Lipinski definition) is 2. The number of halogens is 1. The van der Waals surface area contributed by atoms with E-state index in [0.29, 0.717) is 42.0 Å². The van der Waals surface area contributed by atoms with E-state index in [2.05, 4.69) is 15.0 Å². The lowest BCUT2D eigenvalue weighted by atomic mass is 10.1. The van der Waals surface area contributed by atoms with Gasteiger partial charge in [0.15, 0.2) is 0 Å². The van der Waals surface area contributed by atoms with Crippen LogP contribution in [0.15, 0.2) is 77.9 Å². The average Bonchev–Trinajstić information content (AvgIpc) is 3.40. The molecule has 0 saturated carbocycles. The van der Waals surface area contributed by atoms with Gasteiger partial charge in [-0.3, -0.25) is 14.1 Å². The van der Waals surface area contributed by atoms with Crippen LogP contribution in [0.25, 0.3) is 10.9 Å². The number of aromatic nitrogens is 2. The SMILES string of the molecule is N#Cc1c(Nc2ccc3ncn(CCOCc4ccccc4)c(=O)c3c2)cccc1NS(=O)(=O)N1CC[C@@H](F)C1. The summed E-state index contributed by atoms with van der Waals surface area (Å²) in [6.45, 7) is 0.940. The number of rotatable bonds is 10. The van der Waals surface area contributed by atoms with Crippen molar-refractivity contribution in [2.75, 3.05) is 29.7 Å². The van der Waals surface area contributed by atoms with Gasteiger partial charge in [-0.05, 0) is 42.3 Å². The van der Waals surface area contributed by atoms with Crippen LogP contribution < -0.4 is 15.6 Å². The highest BCUT2D eigenvalue weighted by atomic mass is 32.2. The molecule has 10 nitrogen and oxygen atoms in total. The molecule has 1 aliphatic rings. The minimum atomic E-state index is -4.03. The normalized spacial score (nSPS) is 15.7. The molecule has 4 aromatic rings. The molecule has 0 spiro atoms. The van der Waals surface area contributed by atoms with Crippen molar-refractivity contribution in [2.45, 2.75) is 25.7 Å². The van der Waals surface area contributed by atoms with Gasteiger partial charge in [0.25, 0.3) is 5.56 Å². The Bertz CT molecular complexity index is 1720. The van der Waals surface area contributed by atoms with Gasteiger partial charge in [0.1, 0.15) is 12.2 Å². The summed E-state index contributed by atoms with van der Waals surface area (Å²) in [7, 11) is -4.03. The zero-order chi connectivity index (χ0) is 28.1. The molecule has 0 bridgehead atoms. The molecule has 0 radical (unpaired) electrons. The summed E-state index contributed by atoms with van der Waals surface area (Å²) in [6.07, 6.45) is 0.402.